The Morgan fingerprint density at radius 2 is 1.89 bits per heavy atom. The van der Waals surface area contributed by atoms with Crippen molar-refractivity contribution in [3.63, 3.8) is 0 Å². The lowest BCUT2D eigenvalue weighted by Crippen LogP contribution is -2.46. The molecule has 1 aliphatic rings. The fourth-order valence-corrected chi connectivity index (χ4v) is 3.10. The highest BCUT2D eigenvalue weighted by Crippen LogP contribution is 2.33. The van der Waals surface area contributed by atoms with Crippen molar-refractivity contribution in [3.8, 4) is 5.75 Å². The third-order valence-electron chi connectivity index (χ3n) is 4.58. The van der Waals surface area contributed by atoms with Crippen LogP contribution in [0.4, 0.5) is 5.69 Å². The summed E-state index contributed by atoms with van der Waals surface area (Å²) in [5, 5.41) is 2.89. The van der Waals surface area contributed by atoms with Crippen LogP contribution in [0.3, 0.4) is 0 Å². The van der Waals surface area contributed by atoms with Crippen LogP contribution in [0.2, 0.25) is 0 Å². The number of ether oxygens (including phenoxy) is 2. The van der Waals surface area contributed by atoms with Crippen LogP contribution in [0.25, 0.3) is 0 Å². The van der Waals surface area contributed by atoms with Gasteiger partial charge in [0.1, 0.15) is 5.75 Å². The minimum atomic E-state index is -0.557. The normalized spacial score (nSPS) is 17.0. The van der Waals surface area contributed by atoms with Crippen molar-refractivity contribution in [3.05, 3.63) is 60.2 Å². The first-order valence-corrected chi connectivity index (χ1v) is 9.01. The molecule has 0 radical (unpaired) electrons. The molecule has 142 valence electrons. The summed E-state index contributed by atoms with van der Waals surface area (Å²) < 4.78 is 11.1. The molecule has 1 N–H and O–H groups in total. The fraction of sp³-hybridized carbons (Fsp3) is 0.333. The molecule has 0 fully saturated rings. The maximum Gasteiger partial charge on any atom is 0.267 e. The van der Waals surface area contributed by atoms with Gasteiger partial charge in [-0.15, -0.1) is 0 Å². The summed E-state index contributed by atoms with van der Waals surface area (Å²) in [6.07, 6.45) is -0.558. The lowest BCUT2D eigenvalue weighted by Gasteiger charge is -2.32. The van der Waals surface area contributed by atoms with Gasteiger partial charge in [0, 0.05) is 26.6 Å². The van der Waals surface area contributed by atoms with Gasteiger partial charge in [0.2, 0.25) is 5.91 Å². The smallest absolute Gasteiger partial charge is 0.267 e. The number of nitrogens with zero attached hydrogens (tertiary/aromatic N) is 1. The Hall–Kier alpha value is -2.86. The first-order valence-electron chi connectivity index (χ1n) is 9.01. The van der Waals surface area contributed by atoms with Gasteiger partial charge in [0.15, 0.2) is 6.10 Å². The minimum Gasteiger partial charge on any atom is -0.479 e. The van der Waals surface area contributed by atoms with Gasteiger partial charge in [0.05, 0.1) is 11.8 Å². The van der Waals surface area contributed by atoms with Crippen molar-refractivity contribution in [2.24, 2.45) is 0 Å². The van der Waals surface area contributed by atoms with E-state index in [0.29, 0.717) is 24.5 Å². The Labute approximate surface area is 159 Å². The predicted octanol–water partition coefficient (Wildman–Crippen LogP) is 2.69. The number of nitrogens with one attached hydrogen (secondary N) is 1. The van der Waals surface area contributed by atoms with E-state index in [1.54, 1.807) is 18.9 Å². The number of amides is 2. The van der Waals surface area contributed by atoms with Gasteiger partial charge >= 0.3 is 0 Å². The summed E-state index contributed by atoms with van der Waals surface area (Å²) in [5.74, 6) is 0.395. The summed E-state index contributed by atoms with van der Waals surface area (Å²) in [7, 11) is 1.62. The summed E-state index contributed by atoms with van der Waals surface area (Å²) >= 11 is 0. The number of rotatable bonds is 7. The zero-order valence-electron chi connectivity index (χ0n) is 15.6. The van der Waals surface area contributed by atoms with Crippen LogP contribution in [-0.4, -0.2) is 38.1 Å². The Bertz CT molecular complexity index is 794. The molecule has 3 rings (SSSR count). The molecule has 1 heterocycles. The number of methoxy groups -OCH3 is 1. The van der Waals surface area contributed by atoms with Crippen LogP contribution in [0, 0.1) is 0 Å². The highest BCUT2D eigenvalue weighted by atomic mass is 16.5. The fourth-order valence-electron chi connectivity index (χ4n) is 3.10. The first kappa shape index (κ1) is 18.9. The van der Waals surface area contributed by atoms with E-state index < -0.39 is 6.10 Å². The van der Waals surface area contributed by atoms with Gasteiger partial charge in [-0.05, 0) is 24.6 Å². The monoisotopic (exact) mass is 368 g/mol. The van der Waals surface area contributed by atoms with Crippen LogP contribution in [-0.2, 0) is 14.3 Å². The summed E-state index contributed by atoms with van der Waals surface area (Å²) in [5.41, 5.74) is 1.71. The molecular formula is C21H24N2O4. The number of benzene rings is 2. The SMILES string of the molecule is COC(CNC(=O)CCN1C(=O)C(C)Oc2ccccc21)c1ccccc1. The van der Waals surface area contributed by atoms with E-state index in [9.17, 15) is 9.59 Å². The molecule has 0 aliphatic carbocycles. The molecule has 1 aliphatic heterocycles. The second-order valence-electron chi connectivity index (χ2n) is 6.41. The van der Waals surface area contributed by atoms with Crippen LogP contribution < -0.4 is 15.0 Å². The second-order valence-corrected chi connectivity index (χ2v) is 6.41. The quantitative estimate of drug-likeness (QED) is 0.816. The van der Waals surface area contributed by atoms with Gasteiger partial charge in [-0.25, -0.2) is 0 Å². The van der Waals surface area contributed by atoms with Gasteiger partial charge in [-0.1, -0.05) is 42.5 Å². The molecule has 2 aromatic carbocycles. The third-order valence-corrected chi connectivity index (χ3v) is 4.58. The largest absolute Gasteiger partial charge is 0.479 e. The molecule has 6 heteroatoms. The molecule has 2 atom stereocenters. The number of carbonyl (C=O) groups is 2. The lowest BCUT2D eigenvalue weighted by molar-refractivity contribution is -0.125. The number of carbonyl (C=O) groups excluding carboxylic acids is 2. The van der Waals surface area contributed by atoms with Crippen molar-refractivity contribution in [1.29, 1.82) is 0 Å². The molecule has 0 saturated carbocycles. The van der Waals surface area contributed by atoms with Gasteiger partial charge in [-0.3, -0.25) is 9.59 Å². The number of anilines is 1. The van der Waals surface area contributed by atoms with E-state index in [-0.39, 0.29) is 24.3 Å². The molecule has 0 bridgehead atoms. The lowest BCUT2D eigenvalue weighted by atomic mass is 10.1. The second kappa shape index (κ2) is 8.68. The average Bonchev–Trinajstić information content (AvgIpc) is 2.69. The standard InChI is InChI=1S/C21H24N2O4/c1-15-21(25)23(17-10-6-7-11-18(17)27-15)13-12-20(24)22-14-19(26-2)16-8-4-3-5-9-16/h3-11,15,19H,12-14H2,1-2H3,(H,22,24). The molecule has 2 aromatic rings. The maximum absolute atomic E-state index is 12.4. The highest BCUT2D eigenvalue weighted by Gasteiger charge is 2.31. The van der Waals surface area contributed by atoms with E-state index in [0.717, 1.165) is 5.56 Å². The van der Waals surface area contributed by atoms with E-state index in [1.165, 1.54) is 0 Å². The Morgan fingerprint density at radius 3 is 2.63 bits per heavy atom. The zero-order chi connectivity index (χ0) is 19.2. The Morgan fingerprint density at radius 1 is 1.19 bits per heavy atom. The first-order chi connectivity index (χ1) is 13.1. The van der Waals surface area contributed by atoms with Crippen LogP contribution in [0.15, 0.2) is 54.6 Å². The molecule has 6 nitrogen and oxygen atoms in total. The average molecular weight is 368 g/mol. The van der Waals surface area contributed by atoms with Crippen LogP contribution >= 0.6 is 0 Å². The Balaban J connectivity index is 1.57. The molecule has 2 unspecified atom stereocenters. The molecule has 0 aromatic heterocycles. The number of hydrogen-bond acceptors (Lipinski definition) is 4. The third kappa shape index (κ3) is 4.46. The predicted molar refractivity (Wildman–Crippen MR) is 103 cm³/mol. The summed E-state index contributed by atoms with van der Waals surface area (Å²) in [6.45, 7) is 2.40. The van der Waals surface area contributed by atoms with Crippen molar-refractivity contribution < 1.29 is 19.1 Å². The van der Waals surface area contributed by atoms with E-state index in [1.807, 2.05) is 54.6 Å². The zero-order valence-corrected chi connectivity index (χ0v) is 15.6. The highest BCUT2D eigenvalue weighted by molar-refractivity contribution is 6.00. The maximum atomic E-state index is 12.4. The molecular weight excluding hydrogens is 344 g/mol. The van der Waals surface area contributed by atoms with Crippen molar-refractivity contribution >= 4 is 17.5 Å². The molecule has 27 heavy (non-hydrogen) atoms. The minimum absolute atomic E-state index is 0.127. The van der Waals surface area contributed by atoms with Gasteiger partial charge in [-0.2, -0.15) is 0 Å². The van der Waals surface area contributed by atoms with Crippen molar-refractivity contribution in [1.82, 2.24) is 5.32 Å². The summed E-state index contributed by atoms with van der Waals surface area (Å²) in [4.78, 5) is 26.4. The van der Waals surface area contributed by atoms with Gasteiger partial charge < -0.3 is 19.7 Å². The molecule has 0 saturated heterocycles. The number of fused-ring (bicyclic) bond motifs is 1. The Kier molecular flexibility index (Phi) is 6.08. The topological polar surface area (TPSA) is 67.9 Å². The van der Waals surface area contributed by atoms with Crippen molar-refractivity contribution in [2.45, 2.75) is 25.6 Å². The van der Waals surface area contributed by atoms with E-state index in [2.05, 4.69) is 5.32 Å². The molecule has 2 amide bonds. The molecule has 0 spiro atoms. The summed E-state index contributed by atoms with van der Waals surface area (Å²) in [6, 6.07) is 17.1. The van der Waals surface area contributed by atoms with Crippen LogP contribution in [0.1, 0.15) is 25.0 Å². The number of hydrogen-bond donors (Lipinski definition) is 1. The van der Waals surface area contributed by atoms with E-state index >= 15 is 0 Å². The van der Waals surface area contributed by atoms with Gasteiger partial charge in [0.25, 0.3) is 5.91 Å². The van der Waals surface area contributed by atoms with Crippen LogP contribution in [0.5, 0.6) is 5.75 Å². The number of para-hydroxylation sites is 2. The van der Waals surface area contributed by atoms with E-state index in [4.69, 9.17) is 9.47 Å². The van der Waals surface area contributed by atoms with Crippen molar-refractivity contribution in [2.75, 3.05) is 25.1 Å².